The molecule has 8 nitrogen and oxygen atoms in total. The van der Waals surface area contributed by atoms with Gasteiger partial charge in [-0.05, 0) is 63.3 Å². The summed E-state index contributed by atoms with van der Waals surface area (Å²) < 4.78 is 1.62. The van der Waals surface area contributed by atoms with Crippen LogP contribution in [0.3, 0.4) is 0 Å². The highest BCUT2D eigenvalue weighted by Crippen LogP contribution is 2.21. The highest BCUT2D eigenvalue weighted by atomic mass is 16.1. The normalized spacial score (nSPS) is 16.6. The molecule has 1 fully saturated rings. The zero-order chi connectivity index (χ0) is 24.2. The largest absolute Gasteiger partial charge is 0.365 e. The van der Waals surface area contributed by atoms with Crippen molar-refractivity contribution in [2.24, 2.45) is 5.73 Å². The van der Waals surface area contributed by atoms with Gasteiger partial charge in [-0.15, -0.1) is 0 Å². The quantitative estimate of drug-likeness (QED) is 0.535. The van der Waals surface area contributed by atoms with Crippen LogP contribution in [0.2, 0.25) is 0 Å². The third kappa shape index (κ3) is 5.12. The second kappa shape index (κ2) is 10.3. The summed E-state index contributed by atoms with van der Waals surface area (Å²) in [4.78, 5) is 31.4. The van der Waals surface area contributed by atoms with E-state index in [4.69, 9.17) is 5.73 Å². The van der Waals surface area contributed by atoms with E-state index in [1.807, 2.05) is 19.9 Å². The number of nitrogens with zero attached hydrogens (tertiary/aromatic N) is 4. The van der Waals surface area contributed by atoms with E-state index in [0.29, 0.717) is 36.6 Å². The molecule has 2 amide bonds. The van der Waals surface area contributed by atoms with Crippen molar-refractivity contribution in [1.29, 1.82) is 0 Å². The predicted molar refractivity (Wildman–Crippen MR) is 131 cm³/mol. The average Bonchev–Trinajstić information content (AvgIpc) is 3.24. The highest BCUT2D eigenvalue weighted by molar-refractivity contribution is 5.98. The number of fused-ring (bicyclic) bond motifs is 1. The van der Waals surface area contributed by atoms with E-state index in [1.165, 1.54) is 36.6 Å². The van der Waals surface area contributed by atoms with Gasteiger partial charge in [0.1, 0.15) is 5.56 Å². The molecule has 1 aliphatic rings. The molecular weight excluding hydrogens is 428 g/mol. The van der Waals surface area contributed by atoms with Gasteiger partial charge in [-0.1, -0.05) is 30.7 Å². The number of hydrogen-bond donors (Lipinski definition) is 2. The standard InChI is InChI=1S/C26H34N6O2/c1-17-8-6-7-13-31(17)16-21-10-5-4-9-20(21)14-28-24(33)12-11-22-18(2)30-26-23(25(27)34)15-29-32(26)19(22)3/h4-5,9-10,15,17H,6-8,11-14,16H2,1-3H3,(H2,27,34)(H,28,33). The van der Waals surface area contributed by atoms with Gasteiger partial charge in [0.25, 0.3) is 5.91 Å². The van der Waals surface area contributed by atoms with Gasteiger partial charge in [-0.25, -0.2) is 9.50 Å². The Morgan fingerprint density at radius 2 is 1.94 bits per heavy atom. The van der Waals surface area contributed by atoms with E-state index < -0.39 is 5.91 Å². The molecule has 3 aromatic rings. The molecule has 0 bridgehead atoms. The van der Waals surface area contributed by atoms with Crippen molar-refractivity contribution in [3.8, 4) is 0 Å². The Bertz CT molecular complexity index is 1200. The van der Waals surface area contributed by atoms with Crippen LogP contribution >= 0.6 is 0 Å². The van der Waals surface area contributed by atoms with E-state index >= 15 is 0 Å². The fourth-order valence-electron chi connectivity index (χ4n) is 4.86. The van der Waals surface area contributed by atoms with Crippen molar-refractivity contribution < 1.29 is 9.59 Å². The van der Waals surface area contributed by atoms with Crippen molar-refractivity contribution in [1.82, 2.24) is 24.8 Å². The summed E-state index contributed by atoms with van der Waals surface area (Å²) in [7, 11) is 0. The Morgan fingerprint density at radius 1 is 1.18 bits per heavy atom. The Balaban J connectivity index is 1.38. The first-order valence-corrected chi connectivity index (χ1v) is 12.1. The van der Waals surface area contributed by atoms with Crippen LogP contribution < -0.4 is 11.1 Å². The van der Waals surface area contributed by atoms with E-state index in [-0.39, 0.29) is 5.91 Å². The number of benzene rings is 1. The molecule has 3 N–H and O–H groups in total. The lowest BCUT2D eigenvalue weighted by molar-refractivity contribution is -0.121. The lowest BCUT2D eigenvalue weighted by Crippen LogP contribution is -2.37. The fourth-order valence-corrected chi connectivity index (χ4v) is 4.86. The first kappa shape index (κ1) is 23.9. The van der Waals surface area contributed by atoms with Gasteiger partial charge in [-0.2, -0.15) is 5.10 Å². The molecule has 1 saturated heterocycles. The summed E-state index contributed by atoms with van der Waals surface area (Å²) in [5.41, 5.74) is 11.2. The summed E-state index contributed by atoms with van der Waals surface area (Å²) in [5.74, 6) is -0.554. The number of nitrogens with two attached hydrogens (primary N) is 1. The molecule has 1 atom stereocenters. The molecule has 0 spiro atoms. The summed E-state index contributed by atoms with van der Waals surface area (Å²) in [5, 5.41) is 7.35. The Labute approximate surface area is 200 Å². The van der Waals surface area contributed by atoms with Gasteiger partial charge in [0.05, 0.1) is 6.20 Å². The molecule has 2 aromatic heterocycles. The molecule has 8 heteroatoms. The second-order valence-corrected chi connectivity index (χ2v) is 9.28. The van der Waals surface area contributed by atoms with Crippen LogP contribution in [0.1, 0.15) is 71.0 Å². The summed E-state index contributed by atoms with van der Waals surface area (Å²) in [6.07, 6.45) is 6.15. The van der Waals surface area contributed by atoms with Crippen LogP contribution in [0.25, 0.3) is 5.65 Å². The third-order valence-corrected chi connectivity index (χ3v) is 6.98. The van der Waals surface area contributed by atoms with Crippen LogP contribution in [0.15, 0.2) is 30.5 Å². The molecule has 1 aliphatic heterocycles. The number of likely N-dealkylation sites (tertiary alicyclic amines) is 1. The molecule has 0 saturated carbocycles. The van der Waals surface area contributed by atoms with Crippen LogP contribution in [-0.4, -0.2) is 43.9 Å². The van der Waals surface area contributed by atoms with Gasteiger partial charge in [0.15, 0.2) is 5.65 Å². The van der Waals surface area contributed by atoms with E-state index in [9.17, 15) is 9.59 Å². The minimum absolute atomic E-state index is 0.00155. The van der Waals surface area contributed by atoms with Crippen LogP contribution in [0.4, 0.5) is 0 Å². The monoisotopic (exact) mass is 462 g/mol. The number of carbonyl (C=O) groups excluding carboxylic acids is 2. The molecule has 1 unspecified atom stereocenters. The van der Waals surface area contributed by atoms with Gasteiger partial charge < -0.3 is 11.1 Å². The maximum atomic E-state index is 12.7. The zero-order valence-corrected chi connectivity index (χ0v) is 20.3. The zero-order valence-electron chi connectivity index (χ0n) is 20.3. The van der Waals surface area contributed by atoms with Crippen molar-refractivity contribution in [2.75, 3.05) is 6.54 Å². The third-order valence-electron chi connectivity index (χ3n) is 6.98. The second-order valence-electron chi connectivity index (χ2n) is 9.28. The van der Waals surface area contributed by atoms with Gasteiger partial charge in [-0.3, -0.25) is 14.5 Å². The molecule has 180 valence electrons. The number of aryl methyl sites for hydroxylation is 2. The number of nitrogens with one attached hydrogen (secondary N) is 1. The SMILES string of the molecule is Cc1nc2c(C(N)=O)cnn2c(C)c1CCC(=O)NCc1ccccc1CN1CCCCC1C. The van der Waals surface area contributed by atoms with Crippen LogP contribution in [0, 0.1) is 13.8 Å². The summed E-state index contributed by atoms with van der Waals surface area (Å²) in [6, 6.07) is 8.97. The topological polar surface area (TPSA) is 106 Å². The minimum atomic E-state index is -0.552. The Morgan fingerprint density at radius 3 is 2.68 bits per heavy atom. The van der Waals surface area contributed by atoms with E-state index in [0.717, 1.165) is 30.0 Å². The fraction of sp³-hybridized carbons (Fsp3) is 0.462. The number of carbonyl (C=O) groups is 2. The van der Waals surface area contributed by atoms with Crippen LogP contribution in [0.5, 0.6) is 0 Å². The predicted octanol–water partition coefficient (Wildman–Crippen LogP) is 3.07. The van der Waals surface area contributed by atoms with Crippen molar-refractivity contribution in [3.05, 3.63) is 64.1 Å². The number of rotatable bonds is 8. The smallest absolute Gasteiger partial charge is 0.254 e. The highest BCUT2D eigenvalue weighted by Gasteiger charge is 2.20. The molecule has 0 radical (unpaired) electrons. The van der Waals surface area contributed by atoms with Gasteiger partial charge in [0, 0.05) is 36.9 Å². The van der Waals surface area contributed by atoms with Crippen molar-refractivity contribution in [3.63, 3.8) is 0 Å². The molecule has 1 aromatic carbocycles. The number of primary amides is 1. The lowest BCUT2D eigenvalue weighted by Gasteiger charge is -2.33. The average molecular weight is 463 g/mol. The Hall–Kier alpha value is -3.26. The minimum Gasteiger partial charge on any atom is -0.365 e. The van der Waals surface area contributed by atoms with Gasteiger partial charge in [0.2, 0.25) is 5.91 Å². The maximum Gasteiger partial charge on any atom is 0.254 e. The van der Waals surface area contributed by atoms with E-state index in [1.54, 1.807) is 4.52 Å². The number of aromatic nitrogens is 3. The number of hydrogen-bond acceptors (Lipinski definition) is 5. The number of piperidine rings is 1. The van der Waals surface area contributed by atoms with Crippen molar-refractivity contribution >= 4 is 17.5 Å². The molecule has 4 rings (SSSR count). The lowest BCUT2D eigenvalue weighted by atomic mass is 10.0. The molecule has 34 heavy (non-hydrogen) atoms. The molecule has 3 heterocycles. The Kier molecular flexibility index (Phi) is 7.26. The number of amides is 2. The van der Waals surface area contributed by atoms with Crippen molar-refractivity contribution in [2.45, 2.75) is 72.0 Å². The maximum absolute atomic E-state index is 12.7. The first-order valence-electron chi connectivity index (χ1n) is 12.1. The first-order chi connectivity index (χ1) is 16.3. The summed E-state index contributed by atoms with van der Waals surface area (Å²) in [6.45, 7) is 8.69. The van der Waals surface area contributed by atoms with Crippen LogP contribution in [-0.2, 0) is 24.3 Å². The van der Waals surface area contributed by atoms with Gasteiger partial charge >= 0.3 is 0 Å². The summed E-state index contributed by atoms with van der Waals surface area (Å²) >= 11 is 0. The molecular formula is C26H34N6O2. The molecule has 0 aliphatic carbocycles. The van der Waals surface area contributed by atoms with E-state index in [2.05, 4.69) is 45.4 Å².